The summed E-state index contributed by atoms with van der Waals surface area (Å²) >= 11 is 2.01. The van der Waals surface area contributed by atoms with E-state index < -0.39 is 5.91 Å². The summed E-state index contributed by atoms with van der Waals surface area (Å²) in [4.78, 5) is 13.6. The van der Waals surface area contributed by atoms with Crippen LogP contribution >= 0.6 is 11.8 Å². The number of thioether (sulfide) groups is 1. The molecular formula is C10H18N6OS. The monoisotopic (exact) mass is 270 g/mol. The summed E-state index contributed by atoms with van der Waals surface area (Å²) in [6.45, 7) is 6.13. The summed E-state index contributed by atoms with van der Waals surface area (Å²) in [5, 5.41) is 8.36. The van der Waals surface area contributed by atoms with Crippen molar-refractivity contribution in [3.63, 3.8) is 0 Å². The van der Waals surface area contributed by atoms with Gasteiger partial charge in [0.2, 0.25) is 0 Å². The van der Waals surface area contributed by atoms with Crippen molar-refractivity contribution in [3.8, 4) is 0 Å². The smallest absolute Gasteiger partial charge is 0.287 e. The van der Waals surface area contributed by atoms with Gasteiger partial charge in [0.1, 0.15) is 0 Å². The largest absolute Gasteiger partial charge is 0.300 e. The fourth-order valence-electron chi connectivity index (χ4n) is 1.92. The Morgan fingerprint density at radius 3 is 3.22 bits per heavy atom. The number of rotatable bonds is 4. The van der Waals surface area contributed by atoms with Crippen LogP contribution in [0.5, 0.6) is 0 Å². The Bertz CT molecular complexity index is 409. The Kier molecular flexibility index (Phi) is 4.56. The summed E-state index contributed by atoms with van der Waals surface area (Å²) < 4.78 is 1.68. The summed E-state index contributed by atoms with van der Waals surface area (Å²) in [7, 11) is 0. The van der Waals surface area contributed by atoms with Gasteiger partial charge < -0.3 is 0 Å². The quantitative estimate of drug-likeness (QED) is 0.428. The molecule has 0 bridgehead atoms. The van der Waals surface area contributed by atoms with Crippen LogP contribution in [-0.4, -0.2) is 56.4 Å². The predicted octanol–water partition coefficient (Wildman–Crippen LogP) is -0.681. The maximum Gasteiger partial charge on any atom is 0.287 e. The van der Waals surface area contributed by atoms with Gasteiger partial charge in [0.25, 0.3) is 5.91 Å². The van der Waals surface area contributed by atoms with Crippen LogP contribution in [0.3, 0.4) is 0 Å². The zero-order valence-electron chi connectivity index (χ0n) is 10.4. The number of amides is 1. The van der Waals surface area contributed by atoms with E-state index in [1.807, 2.05) is 17.2 Å². The highest BCUT2D eigenvalue weighted by Gasteiger charge is 2.16. The standard InChI is InChI=1S/C10H18N6OS/c1-8-6-15(4-5-18-8)2-3-16-7-9(13-14-16)10(17)12-11/h7-8H,2-6,11H2,1H3,(H,12,17). The van der Waals surface area contributed by atoms with E-state index in [4.69, 9.17) is 5.84 Å². The van der Waals surface area contributed by atoms with Crippen molar-refractivity contribution >= 4 is 17.7 Å². The summed E-state index contributed by atoms with van der Waals surface area (Å²) in [5.74, 6) is 5.80. The van der Waals surface area contributed by atoms with Crippen LogP contribution in [0.25, 0.3) is 0 Å². The van der Waals surface area contributed by atoms with Gasteiger partial charge in [0.15, 0.2) is 5.69 Å². The van der Waals surface area contributed by atoms with E-state index >= 15 is 0 Å². The molecule has 1 fully saturated rings. The molecule has 1 aromatic heterocycles. The third-order valence-electron chi connectivity index (χ3n) is 2.87. The lowest BCUT2D eigenvalue weighted by molar-refractivity contribution is 0.0948. The summed E-state index contributed by atoms with van der Waals surface area (Å²) in [6, 6.07) is 0. The Morgan fingerprint density at radius 1 is 1.67 bits per heavy atom. The van der Waals surface area contributed by atoms with Gasteiger partial charge in [-0.2, -0.15) is 11.8 Å². The van der Waals surface area contributed by atoms with Gasteiger partial charge in [-0.25, -0.2) is 5.84 Å². The molecule has 0 spiro atoms. The van der Waals surface area contributed by atoms with E-state index in [2.05, 4.69) is 22.1 Å². The molecule has 1 amide bonds. The lowest BCUT2D eigenvalue weighted by atomic mass is 10.3. The maximum atomic E-state index is 11.2. The number of nitrogens with one attached hydrogen (secondary N) is 1. The number of hydrogen-bond acceptors (Lipinski definition) is 6. The van der Waals surface area contributed by atoms with Crippen molar-refractivity contribution in [2.45, 2.75) is 18.7 Å². The number of aromatic nitrogens is 3. The first-order valence-electron chi connectivity index (χ1n) is 5.94. The van der Waals surface area contributed by atoms with Crippen molar-refractivity contribution in [1.82, 2.24) is 25.3 Å². The van der Waals surface area contributed by atoms with E-state index in [0.717, 1.165) is 26.2 Å². The second-order valence-electron chi connectivity index (χ2n) is 4.32. The molecule has 3 N–H and O–H groups in total. The molecule has 100 valence electrons. The third kappa shape index (κ3) is 3.44. The fraction of sp³-hybridized carbons (Fsp3) is 0.700. The average Bonchev–Trinajstić information content (AvgIpc) is 2.84. The van der Waals surface area contributed by atoms with Crippen molar-refractivity contribution in [2.75, 3.05) is 25.4 Å². The molecule has 1 aromatic rings. The minimum atomic E-state index is -0.413. The van der Waals surface area contributed by atoms with Gasteiger partial charge in [0.05, 0.1) is 12.7 Å². The number of nitrogens with zero attached hydrogens (tertiary/aromatic N) is 4. The first kappa shape index (κ1) is 13.3. The maximum absolute atomic E-state index is 11.2. The molecule has 0 aromatic carbocycles. The third-order valence-corrected chi connectivity index (χ3v) is 4.01. The summed E-state index contributed by atoms with van der Waals surface area (Å²) in [6.07, 6.45) is 1.62. The molecule has 1 unspecified atom stereocenters. The second-order valence-corrected chi connectivity index (χ2v) is 5.87. The Balaban J connectivity index is 1.82. The van der Waals surface area contributed by atoms with Gasteiger partial charge >= 0.3 is 0 Å². The van der Waals surface area contributed by atoms with Crippen LogP contribution in [0, 0.1) is 0 Å². The van der Waals surface area contributed by atoms with Gasteiger partial charge in [-0.15, -0.1) is 5.10 Å². The molecule has 18 heavy (non-hydrogen) atoms. The van der Waals surface area contributed by atoms with Gasteiger partial charge in [-0.3, -0.25) is 19.8 Å². The molecule has 8 heteroatoms. The first-order chi connectivity index (χ1) is 8.69. The van der Waals surface area contributed by atoms with Crippen LogP contribution in [-0.2, 0) is 6.54 Å². The lowest BCUT2D eigenvalue weighted by Gasteiger charge is -2.30. The number of hydrogen-bond donors (Lipinski definition) is 2. The zero-order chi connectivity index (χ0) is 13.0. The molecule has 1 saturated heterocycles. The second kappa shape index (κ2) is 6.17. The zero-order valence-corrected chi connectivity index (χ0v) is 11.2. The van der Waals surface area contributed by atoms with E-state index in [-0.39, 0.29) is 5.69 Å². The summed E-state index contributed by atoms with van der Waals surface area (Å²) in [5.41, 5.74) is 2.29. The van der Waals surface area contributed by atoms with Crippen LogP contribution in [0.4, 0.5) is 0 Å². The first-order valence-corrected chi connectivity index (χ1v) is 6.99. The average molecular weight is 270 g/mol. The van der Waals surface area contributed by atoms with Crippen LogP contribution in [0.15, 0.2) is 6.20 Å². The van der Waals surface area contributed by atoms with E-state index in [1.165, 1.54) is 5.75 Å². The van der Waals surface area contributed by atoms with Gasteiger partial charge in [-0.05, 0) is 0 Å². The molecule has 0 aliphatic carbocycles. The highest BCUT2D eigenvalue weighted by molar-refractivity contribution is 7.99. The number of carbonyl (C=O) groups excluding carboxylic acids is 1. The normalized spacial score (nSPS) is 20.9. The number of hydrazine groups is 1. The minimum Gasteiger partial charge on any atom is -0.300 e. The number of nitrogen functional groups attached to an aromatic ring is 1. The molecule has 7 nitrogen and oxygen atoms in total. The molecule has 2 heterocycles. The van der Waals surface area contributed by atoms with Crippen LogP contribution in [0.1, 0.15) is 17.4 Å². The van der Waals surface area contributed by atoms with E-state index in [9.17, 15) is 4.79 Å². The minimum absolute atomic E-state index is 0.250. The Hall–Kier alpha value is -1.12. The van der Waals surface area contributed by atoms with Crippen molar-refractivity contribution in [3.05, 3.63) is 11.9 Å². The SMILES string of the molecule is CC1CN(CCn2cc(C(=O)NN)nn2)CCS1. The number of nitrogens with two attached hydrogens (primary N) is 1. The van der Waals surface area contributed by atoms with Gasteiger partial charge in [0, 0.05) is 30.6 Å². The molecule has 1 aliphatic rings. The van der Waals surface area contributed by atoms with E-state index in [1.54, 1.807) is 10.9 Å². The van der Waals surface area contributed by atoms with Crippen LogP contribution < -0.4 is 11.3 Å². The highest BCUT2D eigenvalue weighted by atomic mass is 32.2. The van der Waals surface area contributed by atoms with Crippen LogP contribution in [0.2, 0.25) is 0 Å². The molecule has 1 atom stereocenters. The highest BCUT2D eigenvalue weighted by Crippen LogP contribution is 2.17. The number of carbonyl (C=O) groups is 1. The molecule has 2 rings (SSSR count). The van der Waals surface area contributed by atoms with Crippen molar-refractivity contribution in [1.29, 1.82) is 0 Å². The van der Waals surface area contributed by atoms with Crippen molar-refractivity contribution in [2.24, 2.45) is 5.84 Å². The van der Waals surface area contributed by atoms with Gasteiger partial charge in [-0.1, -0.05) is 12.1 Å². The molecule has 0 radical (unpaired) electrons. The molecule has 1 aliphatic heterocycles. The Morgan fingerprint density at radius 2 is 2.50 bits per heavy atom. The lowest BCUT2D eigenvalue weighted by Crippen LogP contribution is -2.38. The fourth-order valence-corrected chi connectivity index (χ4v) is 3.01. The molecule has 0 saturated carbocycles. The Labute approximate surface area is 110 Å². The van der Waals surface area contributed by atoms with E-state index in [0.29, 0.717) is 5.25 Å². The molecular weight excluding hydrogens is 252 g/mol. The van der Waals surface area contributed by atoms with Crippen molar-refractivity contribution < 1.29 is 4.79 Å². The predicted molar refractivity (Wildman–Crippen MR) is 70.0 cm³/mol. The topological polar surface area (TPSA) is 89.1 Å².